The zero-order valence-corrected chi connectivity index (χ0v) is 7.18. The van der Waals surface area contributed by atoms with E-state index in [1.54, 1.807) is 18.2 Å². The van der Waals surface area contributed by atoms with Crippen LogP contribution in [-0.4, -0.2) is 10.0 Å². The maximum absolute atomic E-state index is 10.3. The van der Waals surface area contributed by atoms with Gasteiger partial charge in [-0.25, -0.2) is 10.1 Å². The highest BCUT2D eigenvalue weighted by molar-refractivity contribution is 5.90. The molecule has 14 heavy (non-hydrogen) atoms. The molecule has 0 spiro atoms. The number of nitrogens with one attached hydrogen (secondary N) is 1. The minimum Gasteiger partial charge on any atom is -0.256 e. The number of nitro groups is 1. The third-order valence-electron chi connectivity index (χ3n) is 1.86. The summed E-state index contributed by atoms with van der Waals surface area (Å²) in [7, 11) is 0. The molecular formula is C9H7N3O2. The van der Waals surface area contributed by atoms with E-state index >= 15 is 0 Å². The molecule has 2 aromatic rings. The van der Waals surface area contributed by atoms with Gasteiger partial charge in [-0.3, -0.25) is 4.98 Å². The van der Waals surface area contributed by atoms with Gasteiger partial charge in [-0.2, -0.15) is 0 Å². The van der Waals surface area contributed by atoms with Crippen LogP contribution in [0.3, 0.4) is 0 Å². The second kappa shape index (κ2) is 3.29. The molecule has 0 unspecified atom stereocenters. The lowest BCUT2D eigenvalue weighted by Crippen LogP contribution is -2.08. The number of benzene rings is 1. The molecule has 1 aromatic heterocycles. The second-order valence-electron chi connectivity index (χ2n) is 2.74. The van der Waals surface area contributed by atoms with Crippen LogP contribution >= 0.6 is 0 Å². The second-order valence-corrected chi connectivity index (χ2v) is 2.74. The minimum atomic E-state index is -0.582. The Kier molecular flexibility index (Phi) is 1.98. The van der Waals surface area contributed by atoms with E-state index in [1.165, 1.54) is 6.20 Å². The number of hydrogen-bond acceptors (Lipinski definition) is 3. The van der Waals surface area contributed by atoms with Gasteiger partial charge < -0.3 is 0 Å². The van der Waals surface area contributed by atoms with E-state index in [2.05, 4.69) is 10.4 Å². The van der Waals surface area contributed by atoms with Crippen molar-refractivity contribution in [2.24, 2.45) is 0 Å². The molecule has 0 bridgehead atoms. The van der Waals surface area contributed by atoms with Gasteiger partial charge in [0, 0.05) is 11.6 Å². The van der Waals surface area contributed by atoms with Crippen molar-refractivity contribution >= 4 is 16.6 Å². The first-order chi connectivity index (χ1) is 6.77. The Labute approximate surface area is 79.5 Å². The molecule has 1 N–H and O–H groups in total. The van der Waals surface area contributed by atoms with Gasteiger partial charge >= 0.3 is 0 Å². The Balaban J connectivity index is 2.59. The predicted molar refractivity (Wildman–Crippen MR) is 52.4 cm³/mol. The number of fused-ring (bicyclic) bond motifs is 1. The molecule has 0 aliphatic carbocycles. The number of aromatic nitrogens is 1. The van der Waals surface area contributed by atoms with Crippen LogP contribution in [0.1, 0.15) is 0 Å². The Morgan fingerprint density at radius 1 is 1.29 bits per heavy atom. The molecule has 1 heterocycles. The molecule has 2 rings (SSSR count). The summed E-state index contributed by atoms with van der Waals surface area (Å²) in [5.74, 6) is 0. The summed E-state index contributed by atoms with van der Waals surface area (Å²) in [5.41, 5.74) is 3.32. The number of pyridine rings is 1. The Hall–Kier alpha value is -2.17. The van der Waals surface area contributed by atoms with Gasteiger partial charge in [0.25, 0.3) is 0 Å². The van der Waals surface area contributed by atoms with Crippen LogP contribution in [-0.2, 0) is 0 Å². The van der Waals surface area contributed by atoms with Crippen LogP contribution in [0.25, 0.3) is 10.9 Å². The average Bonchev–Trinajstić information content (AvgIpc) is 2.18. The summed E-state index contributed by atoms with van der Waals surface area (Å²) in [4.78, 5) is 14.4. The van der Waals surface area contributed by atoms with Crippen LogP contribution in [0.15, 0.2) is 36.5 Å². The molecule has 5 nitrogen and oxygen atoms in total. The maximum atomic E-state index is 10.3. The van der Waals surface area contributed by atoms with Crippen LogP contribution in [0.4, 0.5) is 5.69 Å². The van der Waals surface area contributed by atoms with Crippen molar-refractivity contribution < 1.29 is 5.03 Å². The van der Waals surface area contributed by atoms with E-state index in [9.17, 15) is 10.1 Å². The molecule has 0 atom stereocenters. The number of anilines is 1. The van der Waals surface area contributed by atoms with Gasteiger partial charge in [0.05, 0.1) is 5.52 Å². The molecule has 0 fully saturated rings. The Morgan fingerprint density at radius 3 is 2.86 bits per heavy atom. The highest BCUT2D eigenvalue weighted by Crippen LogP contribution is 2.20. The van der Waals surface area contributed by atoms with Gasteiger partial charge in [-0.15, -0.1) is 5.43 Å². The molecule has 0 saturated heterocycles. The third-order valence-corrected chi connectivity index (χ3v) is 1.86. The summed E-state index contributed by atoms with van der Waals surface area (Å²) >= 11 is 0. The predicted octanol–water partition coefficient (Wildman–Crippen LogP) is 1.84. The van der Waals surface area contributed by atoms with E-state index in [4.69, 9.17) is 0 Å². The van der Waals surface area contributed by atoms with Crippen molar-refractivity contribution in [2.45, 2.75) is 0 Å². The maximum Gasteiger partial charge on any atom is 0.162 e. The SMILES string of the molecule is O=[N+]([O-])Nc1ccnc2ccccc12. The fourth-order valence-electron chi connectivity index (χ4n) is 1.29. The van der Waals surface area contributed by atoms with Crippen LogP contribution < -0.4 is 5.43 Å². The van der Waals surface area contributed by atoms with E-state index in [1.807, 2.05) is 12.1 Å². The lowest BCUT2D eigenvalue weighted by atomic mass is 10.2. The van der Waals surface area contributed by atoms with Crippen LogP contribution in [0, 0.1) is 10.1 Å². The van der Waals surface area contributed by atoms with E-state index in [0.29, 0.717) is 5.69 Å². The standard InChI is InChI=1S/C9H7N3O2/c13-12(14)11-9-5-6-10-8-4-2-1-3-7(8)9/h1-6H,(H,10,11). The van der Waals surface area contributed by atoms with E-state index < -0.39 is 5.03 Å². The largest absolute Gasteiger partial charge is 0.256 e. The molecule has 0 amide bonds. The van der Waals surface area contributed by atoms with Gasteiger partial charge in [-0.1, -0.05) is 18.2 Å². The third kappa shape index (κ3) is 1.47. The molecule has 0 saturated carbocycles. The Bertz CT molecular complexity index is 479. The van der Waals surface area contributed by atoms with Crippen molar-refractivity contribution in [1.82, 2.24) is 4.98 Å². The first kappa shape index (κ1) is 8.43. The number of hydrogen-bond donors (Lipinski definition) is 1. The van der Waals surface area contributed by atoms with Crippen molar-refractivity contribution in [1.29, 1.82) is 0 Å². The quantitative estimate of drug-likeness (QED) is 0.578. The monoisotopic (exact) mass is 189 g/mol. The summed E-state index contributed by atoms with van der Waals surface area (Å²) in [5, 5.41) is 10.4. The summed E-state index contributed by atoms with van der Waals surface area (Å²) in [6, 6.07) is 8.82. The summed E-state index contributed by atoms with van der Waals surface area (Å²) in [6.07, 6.45) is 1.54. The molecule has 1 aromatic carbocycles. The fraction of sp³-hybridized carbons (Fsp3) is 0. The average molecular weight is 189 g/mol. The van der Waals surface area contributed by atoms with Gasteiger partial charge in [0.1, 0.15) is 5.69 Å². The number of para-hydroxylation sites is 1. The molecule has 70 valence electrons. The lowest BCUT2D eigenvalue weighted by molar-refractivity contribution is -0.445. The van der Waals surface area contributed by atoms with Gasteiger partial charge in [0.2, 0.25) is 0 Å². The first-order valence-corrected chi connectivity index (χ1v) is 4.02. The summed E-state index contributed by atoms with van der Waals surface area (Å²) < 4.78 is 0. The highest BCUT2D eigenvalue weighted by Gasteiger charge is 2.04. The molecule has 0 aliphatic rings. The van der Waals surface area contributed by atoms with Crippen LogP contribution in [0.2, 0.25) is 0 Å². The van der Waals surface area contributed by atoms with Gasteiger partial charge in [0.15, 0.2) is 5.03 Å². The van der Waals surface area contributed by atoms with E-state index in [0.717, 1.165) is 10.9 Å². The topological polar surface area (TPSA) is 68.1 Å². The molecule has 0 radical (unpaired) electrons. The van der Waals surface area contributed by atoms with Crippen molar-refractivity contribution in [3.63, 3.8) is 0 Å². The minimum absolute atomic E-state index is 0.459. The zero-order chi connectivity index (χ0) is 9.97. The van der Waals surface area contributed by atoms with Crippen molar-refractivity contribution in [2.75, 3.05) is 5.43 Å². The number of hydrazine groups is 1. The molecule has 5 heteroatoms. The fourth-order valence-corrected chi connectivity index (χ4v) is 1.29. The highest BCUT2D eigenvalue weighted by atomic mass is 16.7. The summed E-state index contributed by atoms with van der Waals surface area (Å²) in [6.45, 7) is 0. The zero-order valence-electron chi connectivity index (χ0n) is 7.18. The number of rotatable bonds is 2. The smallest absolute Gasteiger partial charge is 0.162 e. The normalized spacial score (nSPS) is 10.0. The van der Waals surface area contributed by atoms with Gasteiger partial charge in [-0.05, 0) is 12.1 Å². The van der Waals surface area contributed by atoms with E-state index in [-0.39, 0.29) is 0 Å². The van der Waals surface area contributed by atoms with Crippen molar-refractivity contribution in [3.05, 3.63) is 46.6 Å². The Morgan fingerprint density at radius 2 is 2.07 bits per heavy atom. The molecule has 0 aliphatic heterocycles. The first-order valence-electron chi connectivity index (χ1n) is 4.02. The van der Waals surface area contributed by atoms with Crippen LogP contribution in [0.5, 0.6) is 0 Å². The van der Waals surface area contributed by atoms with Crippen molar-refractivity contribution in [3.8, 4) is 0 Å². The number of nitrogens with zero attached hydrogens (tertiary/aromatic N) is 2. The lowest BCUT2D eigenvalue weighted by Gasteiger charge is -2.01. The molecular weight excluding hydrogens is 182 g/mol.